The minimum Gasteiger partial charge on any atom is -0.494 e. The van der Waals surface area contributed by atoms with Crippen LogP contribution >= 0.6 is 34.8 Å². The van der Waals surface area contributed by atoms with Gasteiger partial charge in [-0.05, 0) is 118 Å². The second-order valence-electron chi connectivity index (χ2n) is 20.2. The highest BCUT2D eigenvalue weighted by molar-refractivity contribution is 6.66. The number of nitrogen functional groups attached to an aromatic ring is 1. The Morgan fingerprint density at radius 1 is 0.677 bits per heavy atom. The lowest BCUT2D eigenvalue weighted by Crippen LogP contribution is -2.29. The maximum absolute atomic E-state index is 12.3. The van der Waals surface area contributed by atoms with Crippen molar-refractivity contribution in [2.24, 2.45) is 52.9 Å². The molecule has 0 aliphatic carbocycles. The van der Waals surface area contributed by atoms with Gasteiger partial charge in [0.2, 0.25) is 23.0 Å². The van der Waals surface area contributed by atoms with Crippen LogP contribution in [0.3, 0.4) is 0 Å². The minimum absolute atomic E-state index is 0. The average Bonchev–Trinajstić information content (AvgIpc) is 1.64. The molecule has 4 aromatic carbocycles. The van der Waals surface area contributed by atoms with Gasteiger partial charge in [-0.25, -0.2) is 19.9 Å². The van der Waals surface area contributed by atoms with E-state index in [-0.39, 0.29) is 13.3 Å². The molecule has 6 heterocycles. The zero-order valence-electron chi connectivity index (χ0n) is 51.5. The highest BCUT2D eigenvalue weighted by atomic mass is 35.5. The molecule has 490 valence electrons. The van der Waals surface area contributed by atoms with Crippen molar-refractivity contribution in [1.29, 1.82) is 5.53 Å². The number of benzene rings is 4. The molecule has 2 aliphatic rings. The second-order valence-corrected chi connectivity index (χ2v) is 21.4. The number of nitrogens with zero attached hydrogens (tertiary/aromatic N) is 19. The number of para-hydroxylation sites is 2. The number of carbonyl (C=O) groups excluding carboxylic acids is 2. The first-order valence-corrected chi connectivity index (χ1v) is 28.9. The lowest BCUT2D eigenvalue weighted by molar-refractivity contribution is -0.112. The van der Waals surface area contributed by atoms with Gasteiger partial charge < -0.3 is 75.2 Å². The summed E-state index contributed by atoms with van der Waals surface area (Å²) in [6, 6.07) is 19.4. The summed E-state index contributed by atoms with van der Waals surface area (Å²) in [6.45, 7) is 12.7. The van der Waals surface area contributed by atoms with Gasteiger partial charge in [-0.15, -0.1) is 0 Å². The maximum atomic E-state index is 12.3. The van der Waals surface area contributed by atoms with Crippen LogP contribution in [0.4, 0.5) is 46.0 Å². The van der Waals surface area contributed by atoms with E-state index in [9.17, 15) is 9.59 Å². The number of hydrogen-bond acceptors (Lipinski definition) is 19. The van der Waals surface area contributed by atoms with Crippen molar-refractivity contribution in [3.05, 3.63) is 121 Å². The van der Waals surface area contributed by atoms with Gasteiger partial charge in [-0.2, -0.15) is 5.53 Å². The molecule has 34 heteroatoms. The summed E-state index contributed by atoms with van der Waals surface area (Å²) in [4.78, 5) is 48.5. The van der Waals surface area contributed by atoms with Crippen LogP contribution in [0.2, 0.25) is 10.0 Å². The Morgan fingerprint density at radius 2 is 1.13 bits per heavy atom. The van der Waals surface area contributed by atoms with E-state index in [4.69, 9.17) is 75.0 Å². The number of hydrogen-bond donors (Lipinski definition) is 6. The van der Waals surface area contributed by atoms with E-state index < -0.39 is 5.24 Å². The van der Waals surface area contributed by atoms with Gasteiger partial charge in [0.15, 0.2) is 0 Å². The molecule has 0 saturated carbocycles. The molecular formula is C59H72Cl3N25O6. The largest absolute Gasteiger partial charge is 0.494 e. The van der Waals surface area contributed by atoms with Gasteiger partial charge >= 0.3 is 0 Å². The summed E-state index contributed by atoms with van der Waals surface area (Å²) in [5, 5.41) is 37.2. The molecule has 93 heavy (non-hydrogen) atoms. The molecule has 4 aromatic heterocycles. The van der Waals surface area contributed by atoms with Gasteiger partial charge in [-0.1, -0.05) is 73.3 Å². The molecule has 0 radical (unpaired) electrons. The van der Waals surface area contributed by atoms with E-state index in [1.807, 2.05) is 90.8 Å². The van der Waals surface area contributed by atoms with Crippen LogP contribution < -0.4 is 56.3 Å². The fraction of sp³-hybridized carbons (Fsp3) is 0.288. The third-order valence-corrected chi connectivity index (χ3v) is 14.3. The summed E-state index contributed by atoms with van der Waals surface area (Å²) >= 11 is 17.9. The molecule has 1 amide bonds. The van der Waals surface area contributed by atoms with Gasteiger partial charge in [0.05, 0.1) is 106 Å². The van der Waals surface area contributed by atoms with E-state index in [1.54, 1.807) is 32.7 Å². The van der Waals surface area contributed by atoms with Crippen molar-refractivity contribution in [3.63, 3.8) is 0 Å². The predicted molar refractivity (Wildman–Crippen MR) is 363 cm³/mol. The monoisotopic (exact) mass is 1330 g/mol. The SMILES string of the molecule is C.C=CC(=O)Cl.C=CC(=O)Nc1cc(Nc2ncc(Cl)c(-c3cn4c5c(cccc35)OCC4)n2)c(OC)cc1N(C)CCN(C)C.COc1cc(N(C)CCN(C)C)c(N)cc1Nc1ncc(Cl)c(-c2cn3c4c(cccc24)OCC3)n1.N=N/N=N/N=N/N=N/N=N/N. The van der Waals surface area contributed by atoms with Crippen LogP contribution in [0.5, 0.6) is 23.0 Å². The fourth-order valence-corrected chi connectivity index (χ4v) is 9.67. The molecule has 0 spiro atoms. The summed E-state index contributed by atoms with van der Waals surface area (Å²) in [5.74, 6) is 7.85. The fourth-order valence-electron chi connectivity index (χ4n) is 9.29. The minimum atomic E-state index is -0.509. The normalized spacial score (nSPS) is 12.0. The quantitative estimate of drug-likeness (QED) is 0.00865. The predicted octanol–water partition coefficient (Wildman–Crippen LogP) is 12.4. The number of anilines is 8. The average molecular weight is 1330 g/mol. The van der Waals surface area contributed by atoms with Crippen LogP contribution in [-0.4, -0.2) is 146 Å². The molecule has 2 aliphatic heterocycles. The Labute approximate surface area is 551 Å². The second kappa shape index (κ2) is 34.6. The summed E-state index contributed by atoms with van der Waals surface area (Å²) in [6.07, 6.45) is 9.59. The molecular weight excluding hydrogens is 1260 g/mol. The number of nitrogens with one attached hydrogen (secondary N) is 4. The van der Waals surface area contributed by atoms with Gasteiger partial charge in [0.25, 0.3) is 0 Å². The van der Waals surface area contributed by atoms with Crippen molar-refractivity contribution >= 4 is 114 Å². The van der Waals surface area contributed by atoms with Crippen LogP contribution in [-0.2, 0) is 22.7 Å². The Bertz CT molecular complexity index is 4060. The van der Waals surface area contributed by atoms with Crippen LogP contribution in [0.25, 0.3) is 44.3 Å². The standard InChI is InChI=1S/C29H32ClN7O3.C26H30ClN7O2.C3H3ClO.CH4.H3N11/c1-6-26(38)32-21-14-22(25(39-5)15-23(21)36(4)11-10-35(2)3)33-29-31-16-20(30)27(34-29)19-17-37-12-13-40-24-9-7-8-18(19)28(24)37;1-32(2)8-9-33(3)21-13-23(35-4)20(12-19(21)28)30-26-29-14-18(27)24(31-26)17-15-34-10-11-36-22-7-5-6-16(17)25(22)34;1-2-3(4)5;;1-3-5-7-9-11-10-8-6-4-2/h6-9,14-17H,1,10-13H2,2-5H3,(H,32,38)(H,31,33,34);5-7,12-15H,8-11,28H2,1-4H3,(H,29,30,31);2H,1H2;1H4;(H3,1,2,5,6,9,10). The first kappa shape index (κ1) is 71.6. The van der Waals surface area contributed by atoms with E-state index in [0.717, 1.165) is 101 Å². The van der Waals surface area contributed by atoms with Gasteiger partial charge in [-0.3, -0.25) is 9.59 Å². The highest BCUT2D eigenvalue weighted by Crippen LogP contribution is 2.43. The number of amides is 1. The summed E-state index contributed by atoms with van der Waals surface area (Å²) in [7, 11) is 15.3. The smallest absolute Gasteiger partial charge is 0.247 e. The number of carbonyl (C=O) groups is 2. The molecule has 0 atom stereocenters. The molecule has 8 N–H and O–H groups in total. The lowest BCUT2D eigenvalue weighted by atomic mass is 10.1. The molecule has 0 unspecified atom stereocenters. The summed E-state index contributed by atoms with van der Waals surface area (Å²) in [5.41, 5.74) is 21.8. The van der Waals surface area contributed by atoms with Gasteiger partial charge in [0, 0.05) is 86.7 Å². The Kier molecular flexibility index (Phi) is 26.7. The van der Waals surface area contributed by atoms with Crippen molar-refractivity contribution in [2.75, 3.05) is 127 Å². The van der Waals surface area contributed by atoms with Crippen molar-refractivity contribution in [1.82, 2.24) is 38.9 Å². The Hall–Kier alpha value is -10.5. The Balaban J connectivity index is 0.000000238. The van der Waals surface area contributed by atoms with E-state index in [0.29, 0.717) is 80.8 Å². The van der Waals surface area contributed by atoms with E-state index in [1.165, 1.54) is 6.08 Å². The zero-order chi connectivity index (χ0) is 66.4. The van der Waals surface area contributed by atoms with E-state index in [2.05, 4.69) is 139 Å². The Morgan fingerprint density at radius 3 is 1.57 bits per heavy atom. The highest BCUT2D eigenvalue weighted by Gasteiger charge is 2.24. The molecule has 10 rings (SSSR count). The van der Waals surface area contributed by atoms with Crippen molar-refractivity contribution < 1.29 is 28.5 Å². The number of methoxy groups -OCH3 is 2. The number of allylic oxidation sites excluding steroid dienone is 1. The van der Waals surface area contributed by atoms with Crippen LogP contribution in [0.15, 0.2) is 158 Å². The summed E-state index contributed by atoms with van der Waals surface area (Å²) < 4.78 is 27.4. The molecule has 0 fully saturated rings. The zero-order valence-corrected chi connectivity index (χ0v) is 53.8. The molecule has 0 saturated heterocycles. The number of rotatable bonds is 23. The third-order valence-electron chi connectivity index (χ3n) is 13.6. The van der Waals surface area contributed by atoms with Crippen LogP contribution in [0.1, 0.15) is 7.43 Å². The maximum Gasteiger partial charge on any atom is 0.247 e. The first-order chi connectivity index (χ1) is 44.3. The van der Waals surface area contributed by atoms with Crippen LogP contribution in [0, 0.1) is 5.53 Å². The number of nitrogens with two attached hydrogens (primary N) is 2. The van der Waals surface area contributed by atoms with Crippen molar-refractivity contribution in [2.45, 2.75) is 20.5 Å². The van der Waals surface area contributed by atoms with Gasteiger partial charge in [0.1, 0.15) is 36.2 Å². The van der Waals surface area contributed by atoms with Crippen molar-refractivity contribution in [3.8, 4) is 45.5 Å². The number of ether oxygens (including phenoxy) is 4. The molecule has 31 nitrogen and oxygen atoms in total. The number of likely N-dealkylation sites (N-methyl/N-ethyl adjacent to an activating group) is 4. The third kappa shape index (κ3) is 18.8. The van der Waals surface area contributed by atoms with E-state index >= 15 is 0 Å². The lowest BCUT2D eigenvalue weighted by Gasteiger charge is -2.26. The first-order valence-electron chi connectivity index (χ1n) is 27.8. The topological polar surface area (TPSA) is 369 Å². The molecule has 0 bridgehead atoms. The number of aromatic nitrogens is 6. The number of halogens is 3. The molecule has 8 aromatic rings.